The highest BCUT2D eigenvalue weighted by Gasteiger charge is 2.30. The predicted molar refractivity (Wildman–Crippen MR) is 80.4 cm³/mol. The fraction of sp³-hybridized carbons (Fsp3) is 0.385. The van der Waals surface area contributed by atoms with Crippen LogP contribution in [0.5, 0.6) is 0 Å². The van der Waals surface area contributed by atoms with Crippen molar-refractivity contribution in [3.05, 3.63) is 27.4 Å². The predicted octanol–water partition coefficient (Wildman–Crippen LogP) is 0.927. The molecule has 0 aliphatic heterocycles. The number of ether oxygens (including phenoxy) is 1. The van der Waals surface area contributed by atoms with Gasteiger partial charge in [-0.2, -0.15) is 4.68 Å². The van der Waals surface area contributed by atoms with Gasteiger partial charge in [-0.25, -0.2) is 9.59 Å². The number of nitrogens with one attached hydrogen (secondary N) is 1. The minimum atomic E-state index is -1.23. The third-order valence-corrected chi connectivity index (χ3v) is 3.26. The van der Waals surface area contributed by atoms with Gasteiger partial charge >= 0.3 is 11.7 Å². The lowest BCUT2D eigenvalue weighted by Gasteiger charge is -2.22. The molecule has 124 valence electrons. The fourth-order valence-electron chi connectivity index (χ4n) is 1.77. The molecule has 0 radical (unpaired) electrons. The molecule has 0 aromatic carbocycles. The molecule has 23 heavy (non-hydrogen) atoms. The van der Waals surface area contributed by atoms with Crippen LogP contribution < -0.4 is 11.1 Å². The van der Waals surface area contributed by atoms with Gasteiger partial charge in [0.05, 0.1) is 7.11 Å². The van der Waals surface area contributed by atoms with E-state index in [0.717, 1.165) is 4.68 Å². The molecular weight excluding hydrogens is 374 g/mol. The van der Waals surface area contributed by atoms with Gasteiger partial charge in [-0.15, -0.1) is 5.10 Å². The molecule has 2 aromatic rings. The van der Waals surface area contributed by atoms with E-state index in [0.29, 0.717) is 4.67 Å². The molecule has 0 saturated carbocycles. The van der Waals surface area contributed by atoms with E-state index >= 15 is 0 Å². The molecule has 0 unspecified atom stereocenters. The third kappa shape index (κ3) is 3.89. The molecule has 0 saturated heterocycles. The fourth-order valence-corrected chi connectivity index (χ4v) is 2.07. The summed E-state index contributed by atoms with van der Waals surface area (Å²) in [6.45, 7) is 2.55. The van der Waals surface area contributed by atoms with Crippen molar-refractivity contribution in [2.45, 2.75) is 25.9 Å². The van der Waals surface area contributed by atoms with E-state index in [9.17, 15) is 14.4 Å². The summed E-state index contributed by atoms with van der Waals surface area (Å²) >= 11 is 3.12. The first-order chi connectivity index (χ1) is 10.7. The number of aromatic nitrogens is 2. The van der Waals surface area contributed by atoms with Crippen LogP contribution in [0.15, 0.2) is 30.4 Å². The highest BCUT2D eigenvalue weighted by Crippen LogP contribution is 2.22. The standard InChI is InChI=1S/C13H14BrN3O6/c1-13(2,11(19)21-3)15-9(18)6-17-12(20)23-10(16-17)7-4-5-8(14)22-7/h4-5H,6H2,1-3H3,(H,15,18). The Hall–Kier alpha value is -2.36. The lowest BCUT2D eigenvalue weighted by Crippen LogP contribution is -2.51. The number of carbonyl (C=O) groups is 2. The van der Waals surface area contributed by atoms with Crippen molar-refractivity contribution in [2.75, 3.05) is 7.11 Å². The zero-order valence-corrected chi connectivity index (χ0v) is 14.2. The average Bonchev–Trinajstić information content (AvgIpc) is 3.04. The summed E-state index contributed by atoms with van der Waals surface area (Å²) in [6, 6.07) is 3.17. The van der Waals surface area contributed by atoms with Gasteiger partial charge < -0.3 is 18.9 Å². The van der Waals surface area contributed by atoms with Gasteiger partial charge in [0.2, 0.25) is 5.91 Å². The quantitative estimate of drug-likeness (QED) is 0.758. The lowest BCUT2D eigenvalue weighted by molar-refractivity contribution is -0.149. The van der Waals surface area contributed by atoms with Crippen molar-refractivity contribution in [3.8, 4) is 11.7 Å². The second-order valence-corrected chi connectivity index (χ2v) is 5.88. The van der Waals surface area contributed by atoms with Crippen molar-refractivity contribution in [3.63, 3.8) is 0 Å². The number of halogens is 1. The summed E-state index contributed by atoms with van der Waals surface area (Å²) in [7, 11) is 1.21. The first-order valence-corrected chi connectivity index (χ1v) is 7.25. The number of carbonyl (C=O) groups excluding carboxylic acids is 2. The van der Waals surface area contributed by atoms with Gasteiger partial charge in [-0.05, 0) is 41.9 Å². The molecule has 1 N–H and O–H groups in total. The summed E-state index contributed by atoms with van der Waals surface area (Å²) in [6.07, 6.45) is 0. The number of esters is 1. The monoisotopic (exact) mass is 387 g/mol. The lowest BCUT2D eigenvalue weighted by atomic mass is 10.1. The second-order valence-electron chi connectivity index (χ2n) is 5.10. The average molecular weight is 388 g/mol. The Morgan fingerprint density at radius 3 is 2.65 bits per heavy atom. The molecule has 10 heteroatoms. The Morgan fingerprint density at radius 2 is 2.09 bits per heavy atom. The van der Waals surface area contributed by atoms with Crippen LogP contribution in [-0.4, -0.2) is 34.3 Å². The van der Waals surface area contributed by atoms with Crippen LogP contribution in [0.2, 0.25) is 0 Å². The van der Waals surface area contributed by atoms with E-state index in [4.69, 9.17) is 8.83 Å². The van der Waals surface area contributed by atoms with E-state index in [1.165, 1.54) is 21.0 Å². The molecule has 2 aromatic heterocycles. The van der Waals surface area contributed by atoms with Crippen LogP contribution in [0.4, 0.5) is 0 Å². The molecule has 0 atom stereocenters. The van der Waals surface area contributed by atoms with Crippen molar-refractivity contribution in [1.29, 1.82) is 0 Å². The number of hydrogen-bond donors (Lipinski definition) is 1. The largest absolute Gasteiger partial charge is 0.467 e. The normalized spacial score (nSPS) is 11.3. The van der Waals surface area contributed by atoms with Gasteiger partial charge in [-0.1, -0.05) is 0 Å². The van der Waals surface area contributed by atoms with E-state index < -0.39 is 29.7 Å². The summed E-state index contributed by atoms with van der Waals surface area (Å²) in [4.78, 5) is 35.2. The number of hydrogen-bond acceptors (Lipinski definition) is 7. The van der Waals surface area contributed by atoms with Gasteiger partial charge in [0.25, 0.3) is 5.89 Å². The molecule has 1 amide bonds. The minimum absolute atomic E-state index is 0.0549. The topological polar surface area (TPSA) is 117 Å². The van der Waals surface area contributed by atoms with E-state index in [2.05, 4.69) is 31.1 Å². The van der Waals surface area contributed by atoms with Crippen LogP contribution in [0.25, 0.3) is 11.7 Å². The SMILES string of the molecule is COC(=O)C(C)(C)NC(=O)Cn1nc(-c2ccc(Br)o2)oc1=O. The molecule has 0 fully saturated rings. The molecule has 0 aliphatic rings. The van der Waals surface area contributed by atoms with Gasteiger partial charge in [0, 0.05) is 0 Å². The Kier molecular flexibility index (Phi) is 4.73. The summed E-state index contributed by atoms with van der Waals surface area (Å²) in [5, 5.41) is 6.32. The van der Waals surface area contributed by atoms with Gasteiger partial charge in [0.15, 0.2) is 10.4 Å². The maximum absolute atomic E-state index is 12.0. The minimum Gasteiger partial charge on any atom is -0.467 e. The molecule has 0 bridgehead atoms. The Morgan fingerprint density at radius 1 is 1.39 bits per heavy atom. The molecular formula is C13H14BrN3O6. The Bertz CT molecular complexity index is 788. The number of nitrogens with zero attached hydrogens (tertiary/aromatic N) is 2. The maximum Gasteiger partial charge on any atom is 0.437 e. The number of amides is 1. The summed E-state index contributed by atoms with van der Waals surface area (Å²) < 4.78 is 16.0. The summed E-state index contributed by atoms with van der Waals surface area (Å²) in [5.74, 6) is -1.84. The molecule has 0 spiro atoms. The van der Waals surface area contributed by atoms with E-state index in [1.54, 1.807) is 12.1 Å². The van der Waals surface area contributed by atoms with Crippen molar-refractivity contribution < 1.29 is 23.2 Å². The second kappa shape index (κ2) is 6.41. The van der Waals surface area contributed by atoms with Crippen LogP contribution in [0.3, 0.4) is 0 Å². The highest BCUT2D eigenvalue weighted by atomic mass is 79.9. The molecule has 2 heterocycles. The molecule has 0 aliphatic carbocycles. The van der Waals surface area contributed by atoms with Crippen LogP contribution in [0.1, 0.15) is 13.8 Å². The Labute approximate surface area is 138 Å². The molecule has 2 rings (SSSR count). The number of furan rings is 1. The van der Waals surface area contributed by atoms with Crippen LogP contribution in [0, 0.1) is 0 Å². The van der Waals surface area contributed by atoms with Crippen LogP contribution in [-0.2, 0) is 20.9 Å². The van der Waals surface area contributed by atoms with Crippen LogP contribution >= 0.6 is 15.9 Å². The zero-order valence-electron chi connectivity index (χ0n) is 12.6. The van der Waals surface area contributed by atoms with E-state index in [-0.39, 0.29) is 11.7 Å². The van der Waals surface area contributed by atoms with Gasteiger partial charge in [-0.3, -0.25) is 4.79 Å². The number of methoxy groups -OCH3 is 1. The highest BCUT2D eigenvalue weighted by molar-refractivity contribution is 9.10. The first kappa shape index (κ1) is 17.0. The third-order valence-electron chi connectivity index (χ3n) is 2.83. The van der Waals surface area contributed by atoms with Crippen molar-refractivity contribution in [1.82, 2.24) is 15.1 Å². The van der Waals surface area contributed by atoms with Crippen molar-refractivity contribution >= 4 is 27.8 Å². The zero-order chi connectivity index (χ0) is 17.2. The maximum atomic E-state index is 12.0. The molecule has 9 nitrogen and oxygen atoms in total. The Balaban J connectivity index is 2.12. The smallest absolute Gasteiger partial charge is 0.437 e. The van der Waals surface area contributed by atoms with Gasteiger partial charge in [0.1, 0.15) is 12.1 Å². The van der Waals surface area contributed by atoms with Crippen molar-refractivity contribution in [2.24, 2.45) is 0 Å². The summed E-state index contributed by atoms with van der Waals surface area (Å²) in [5.41, 5.74) is -1.23. The van der Waals surface area contributed by atoms with E-state index in [1.807, 2.05) is 0 Å². The number of rotatable bonds is 5. The first-order valence-electron chi connectivity index (χ1n) is 6.46.